The zero-order valence-electron chi connectivity index (χ0n) is 14.0. The fourth-order valence-electron chi connectivity index (χ4n) is 3.21. The Balaban J connectivity index is 1.89. The Kier molecular flexibility index (Phi) is 4.83. The maximum Gasteiger partial charge on any atom is 0.266 e. The molecule has 1 heterocycles. The van der Waals surface area contributed by atoms with Crippen molar-refractivity contribution in [2.45, 2.75) is 36.1 Å². The number of ketones is 1. The van der Waals surface area contributed by atoms with Crippen molar-refractivity contribution >= 4 is 40.0 Å². The minimum atomic E-state index is -0.143. The third-order valence-electron chi connectivity index (χ3n) is 4.58. The Hall–Kier alpha value is -2.11. The van der Waals surface area contributed by atoms with Gasteiger partial charge in [0.25, 0.3) is 5.56 Å². The van der Waals surface area contributed by atoms with Crippen LogP contribution < -0.4 is 5.56 Å². The molecule has 0 saturated heterocycles. The highest BCUT2D eigenvalue weighted by molar-refractivity contribution is 8.00. The number of para-hydroxylation sites is 1. The topological polar surface area (TPSA) is 52.0 Å². The quantitative estimate of drug-likeness (QED) is 0.617. The lowest BCUT2D eigenvalue weighted by Crippen LogP contribution is -2.26. The van der Waals surface area contributed by atoms with Gasteiger partial charge >= 0.3 is 0 Å². The minimum absolute atomic E-state index is 0.135. The summed E-state index contributed by atoms with van der Waals surface area (Å²) < 4.78 is 1.59. The van der Waals surface area contributed by atoms with Gasteiger partial charge in [0.05, 0.1) is 21.8 Å². The molecule has 0 unspecified atom stereocenters. The maximum absolute atomic E-state index is 13.1. The van der Waals surface area contributed by atoms with E-state index in [1.807, 2.05) is 18.2 Å². The molecule has 0 bridgehead atoms. The molecule has 0 N–H and O–H groups in total. The predicted octanol–water partition coefficient (Wildman–Crippen LogP) is 4.64. The number of benzene rings is 2. The first-order valence-corrected chi connectivity index (χ1v) is 9.86. The Morgan fingerprint density at radius 3 is 2.58 bits per heavy atom. The first-order chi connectivity index (χ1) is 12.6. The van der Waals surface area contributed by atoms with Crippen LogP contribution in [0.5, 0.6) is 0 Å². The number of fused-ring (bicyclic) bond motifs is 1. The first kappa shape index (κ1) is 17.3. The zero-order chi connectivity index (χ0) is 18.1. The van der Waals surface area contributed by atoms with E-state index in [2.05, 4.69) is 0 Å². The van der Waals surface area contributed by atoms with Gasteiger partial charge in [0, 0.05) is 11.4 Å². The Bertz CT molecular complexity index is 1030. The average molecular weight is 385 g/mol. The lowest BCUT2D eigenvalue weighted by atomic mass is 9.99. The van der Waals surface area contributed by atoms with Gasteiger partial charge in [0.15, 0.2) is 5.16 Å². The van der Waals surface area contributed by atoms with E-state index in [1.54, 1.807) is 34.9 Å². The summed E-state index contributed by atoms with van der Waals surface area (Å²) in [5.74, 6) is 0.242. The molecule has 1 aromatic heterocycles. The van der Waals surface area contributed by atoms with Crippen molar-refractivity contribution in [1.82, 2.24) is 9.55 Å². The van der Waals surface area contributed by atoms with Gasteiger partial charge in [0.2, 0.25) is 0 Å². The third kappa shape index (κ3) is 3.29. The number of carbonyl (C=O) groups is 1. The molecular weight excluding hydrogens is 368 g/mol. The van der Waals surface area contributed by atoms with E-state index < -0.39 is 0 Å². The largest absolute Gasteiger partial charge is 0.298 e. The number of Topliss-reactive ketones (excluding diaryl/α,β-unsaturated/α-hetero) is 1. The van der Waals surface area contributed by atoms with Crippen molar-refractivity contribution in [3.8, 4) is 5.69 Å². The minimum Gasteiger partial charge on any atom is -0.298 e. The summed E-state index contributed by atoms with van der Waals surface area (Å²) in [6.07, 6.45) is 3.41. The molecule has 1 saturated carbocycles. The van der Waals surface area contributed by atoms with Gasteiger partial charge in [-0.1, -0.05) is 41.9 Å². The Labute approximate surface area is 160 Å². The van der Waals surface area contributed by atoms with E-state index in [0.29, 0.717) is 33.2 Å². The fraction of sp³-hybridized carbons (Fsp3) is 0.250. The number of rotatable bonds is 3. The van der Waals surface area contributed by atoms with Crippen LogP contribution in [0.15, 0.2) is 58.5 Å². The second-order valence-electron chi connectivity index (χ2n) is 6.35. The molecule has 6 heteroatoms. The smallest absolute Gasteiger partial charge is 0.266 e. The summed E-state index contributed by atoms with van der Waals surface area (Å²) in [4.78, 5) is 30.1. The van der Waals surface area contributed by atoms with Gasteiger partial charge < -0.3 is 0 Å². The SMILES string of the molecule is O=C1CCCC[C@@H]1Sc1nc2ccccc2c(=O)n1-c1ccc(Cl)cc1. The molecule has 2 aromatic carbocycles. The molecule has 1 fully saturated rings. The molecule has 0 aliphatic heterocycles. The summed E-state index contributed by atoms with van der Waals surface area (Å²) in [7, 11) is 0. The van der Waals surface area contributed by atoms with Crippen LogP contribution in [-0.4, -0.2) is 20.6 Å². The van der Waals surface area contributed by atoms with Crippen LogP contribution in [0.2, 0.25) is 5.02 Å². The van der Waals surface area contributed by atoms with Crippen molar-refractivity contribution < 1.29 is 4.79 Å². The highest BCUT2D eigenvalue weighted by Gasteiger charge is 2.26. The Morgan fingerprint density at radius 2 is 1.81 bits per heavy atom. The molecular formula is C20H17ClN2O2S. The molecule has 26 heavy (non-hydrogen) atoms. The zero-order valence-corrected chi connectivity index (χ0v) is 15.6. The molecule has 1 aliphatic carbocycles. The number of halogens is 1. The van der Waals surface area contributed by atoms with Crippen molar-refractivity contribution in [3.05, 3.63) is 63.9 Å². The van der Waals surface area contributed by atoms with Crippen LogP contribution in [-0.2, 0) is 4.79 Å². The number of aromatic nitrogens is 2. The van der Waals surface area contributed by atoms with E-state index in [9.17, 15) is 9.59 Å². The van der Waals surface area contributed by atoms with Gasteiger partial charge in [-0.2, -0.15) is 0 Å². The van der Waals surface area contributed by atoms with E-state index in [1.165, 1.54) is 11.8 Å². The number of carbonyl (C=O) groups excluding carboxylic acids is 1. The van der Waals surface area contributed by atoms with Gasteiger partial charge in [-0.15, -0.1) is 0 Å². The fourth-order valence-corrected chi connectivity index (χ4v) is 4.57. The van der Waals surface area contributed by atoms with Crippen molar-refractivity contribution in [1.29, 1.82) is 0 Å². The van der Waals surface area contributed by atoms with E-state index in [-0.39, 0.29) is 16.6 Å². The van der Waals surface area contributed by atoms with Crippen LogP contribution in [0.3, 0.4) is 0 Å². The lowest BCUT2D eigenvalue weighted by Gasteiger charge is -2.21. The summed E-state index contributed by atoms with van der Waals surface area (Å²) in [5, 5.41) is 1.57. The van der Waals surface area contributed by atoms with Crippen LogP contribution in [0.25, 0.3) is 16.6 Å². The van der Waals surface area contributed by atoms with Gasteiger partial charge in [-0.25, -0.2) is 4.98 Å². The highest BCUT2D eigenvalue weighted by Crippen LogP contribution is 2.32. The Morgan fingerprint density at radius 1 is 1.04 bits per heavy atom. The third-order valence-corrected chi connectivity index (χ3v) is 6.10. The summed E-state index contributed by atoms with van der Waals surface area (Å²) in [6.45, 7) is 0. The van der Waals surface area contributed by atoms with Crippen LogP contribution >= 0.6 is 23.4 Å². The molecule has 1 atom stereocenters. The maximum atomic E-state index is 13.1. The number of hydrogen-bond donors (Lipinski definition) is 0. The van der Waals surface area contributed by atoms with Crippen LogP contribution in [0.1, 0.15) is 25.7 Å². The monoisotopic (exact) mass is 384 g/mol. The molecule has 3 aromatic rings. The van der Waals surface area contributed by atoms with E-state index in [4.69, 9.17) is 16.6 Å². The summed E-state index contributed by atoms with van der Waals surface area (Å²) in [6, 6.07) is 14.4. The number of nitrogens with zero attached hydrogens (tertiary/aromatic N) is 2. The average Bonchev–Trinajstić information content (AvgIpc) is 2.65. The molecule has 132 valence electrons. The van der Waals surface area contributed by atoms with Crippen molar-refractivity contribution in [2.24, 2.45) is 0 Å². The van der Waals surface area contributed by atoms with E-state index in [0.717, 1.165) is 19.3 Å². The predicted molar refractivity (Wildman–Crippen MR) is 105 cm³/mol. The summed E-state index contributed by atoms with van der Waals surface area (Å²) >= 11 is 7.39. The molecule has 0 radical (unpaired) electrons. The molecule has 1 aliphatic rings. The molecule has 4 nitrogen and oxygen atoms in total. The van der Waals surface area contributed by atoms with Crippen LogP contribution in [0.4, 0.5) is 0 Å². The summed E-state index contributed by atoms with van der Waals surface area (Å²) in [5.41, 5.74) is 1.21. The molecule has 0 amide bonds. The second kappa shape index (κ2) is 7.25. The van der Waals surface area contributed by atoms with Crippen LogP contribution in [0, 0.1) is 0 Å². The van der Waals surface area contributed by atoms with Gasteiger partial charge in [-0.05, 0) is 49.2 Å². The van der Waals surface area contributed by atoms with Crippen molar-refractivity contribution in [3.63, 3.8) is 0 Å². The normalized spacial score (nSPS) is 17.6. The lowest BCUT2D eigenvalue weighted by molar-refractivity contribution is -0.119. The molecule has 0 spiro atoms. The van der Waals surface area contributed by atoms with E-state index >= 15 is 0 Å². The second-order valence-corrected chi connectivity index (χ2v) is 7.95. The van der Waals surface area contributed by atoms with Crippen molar-refractivity contribution in [2.75, 3.05) is 0 Å². The number of hydrogen-bond acceptors (Lipinski definition) is 4. The highest BCUT2D eigenvalue weighted by atomic mass is 35.5. The van der Waals surface area contributed by atoms with Gasteiger partial charge in [-0.3, -0.25) is 14.2 Å². The molecule has 4 rings (SSSR count). The first-order valence-electron chi connectivity index (χ1n) is 8.60. The van der Waals surface area contributed by atoms with Gasteiger partial charge in [0.1, 0.15) is 5.78 Å². The number of thioether (sulfide) groups is 1. The standard InChI is InChI=1S/C20H17ClN2O2S/c21-13-9-11-14(12-10-13)23-19(25)15-5-1-2-6-16(15)22-20(23)26-18-8-4-3-7-17(18)24/h1-2,5-6,9-12,18H,3-4,7-8H2/t18-/m0/s1.